The summed E-state index contributed by atoms with van der Waals surface area (Å²) in [4.78, 5) is 2.38. The maximum Gasteiger partial charge on any atom is 0.125 e. The first-order valence-corrected chi connectivity index (χ1v) is 6.99. The minimum Gasteiger partial charge on any atom is -0.388 e. The summed E-state index contributed by atoms with van der Waals surface area (Å²) >= 11 is 7.45. The molecule has 0 fully saturated rings. The van der Waals surface area contributed by atoms with Crippen LogP contribution in [0.5, 0.6) is 0 Å². The van der Waals surface area contributed by atoms with E-state index in [4.69, 9.17) is 11.6 Å². The Bertz CT molecular complexity index is 518. The molecule has 0 radical (unpaired) electrons. The van der Waals surface area contributed by atoms with Gasteiger partial charge in [0.05, 0.1) is 6.10 Å². The molecule has 2 rings (SSSR count). The van der Waals surface area contributed by atoms with E-state index in [1.54, 1.807) is 17.4 Å². The summed E-state index contributed by atoms with van der Waals surface area (Å²) in [5.74, 6) is -0.419. The van der Waals surface area contributed by atoms with Crippen molar-refractivity contribution in [1.29, 1.82) is 0 Å². The summed E-state index contributed by atoms with van der Waals surface area (Å²) < 4.78 is 13.2. The van der Waals surface area contributed by atoms with Gasteiger partial charge in [0.25, 0.3) is 0 Å². The van der Waals surface area contributed by atoms with Crippen molar-refractivity contribution >= 4 is 22.9 Å². The van der Waals surface area contributed by atoms with Crippen LogP contribution in [0.4, 0.5) is 4.39 Å². The molecule has 0 bridgehead atoms. The van der Waals surface area contributed by atoms with E-state index in [0.29, 0.717) is 17.0 Å². The zero-order valence-electron chi connectivity index (χ0n) is 9.99. The summed E-state index contributed by atoms with van der Waals surface area (Å²) in [5, 5.41) is 10.4. The summed E-state index contributed by atoms with van der Waals surface area (Å²) in [7, 11) is 0. The van der Waals surface area contributed by atoms with Gasteiger partial charge in [-0.3, -0.25) is 0 Å². The van der Waals surface area contributed by atoms with Gasteiger partial charge in [-0.15, -0.1) is 11.3 Å². The molecule has 1 heterocycles. The lowest BCUT2D eigenvalue weighted by molar-refractivity contribution is 0.179. The summed E-state index contributed by atoms with van der Waals surface area (Å²) in [6, 6.07) is 8.23. The summed E-state index contributed by atoms with van der Waals surface area (Å²) in [6.07, 6.45) is 0.762. The molecule has 1 aromatic heterocycles. The van der Waals surface area contributed by atoms with E-state index in [1.165, 1.54) is 17.0 Å². The molecule has 0 aliphatic carbocycles. The molecule has 1 unspecified atom stereocenters. The second kappa shape index (κ2) is 5.83. The number of aryl methyl sites for hydroxylation is 1. The average molecular weight is 285 g/mol. The van der Waals surface area contributed by atoms with E-state index in [1.807, 2.05) is 6.07 Å². The van der Waals surface area contributed by atoms with Crippen molar-refractivity contribution in [3.63, 3.8) is 0 Å². The van der Waals surface area contributed by atoms with Crippen molar-refractivity contribution in [2.75, 3.05) is 0 Å². The number of thiophene rings is 1. The van der Waals surface area contributed by atoms with E-state index >= 15 is 0 Å². The van der Waals surface area contributed by atoms with Crippen LogP contribution in [0.1, 0.15) is 28.3 Å². The molecule has 0 saturated heterocycles. The molecule has 0 amide bonds. The van der Waals surface area contributed by atoms with Crippen LogP contribution in [-0.4, -0.2) is 5.11 Å². The molecule has 18 heavy (non-hydrogen) atoms. The third-order valence-electron chi connectivity index (χ3n) is 2.73. The van der Waals surface area contributed by atoms with E-state index in [9.17, 15) is 9.50 Å². The fourth-order valence-corrected chi connectivity index (χ4v) is 3.02. The highest BCUT2D eigenvalue weighted by molar-refractivity contribution is 7.11. The quantitative estimate of drug-likeness (QED) is 0.883. The van der Waals surface area contributed by atoms with Gasteiger partial charge >= 0.3 is 0 Å². The van der Waals surface area contributed by atoms with Crippen LogP contribution in [0, 0.1) is 5.82 Å². The number of benzene rings is 1. The molecular weight excluding hydrogens is 271 g/mol. The summed E-state index contributed by atoms with van der Waals surface area (Å²) in [5.41, 5.74) is 0.520. The molecule has 0 aliphatic rings. The minimum atomic E-state index is -0.721. The third-order valence-corrected chi connectivity index (χ3v) is 4.20. The van der Waals surface area contributed by atoms with Gasteiger partial charge in [-0.2, -0.15) is 0 Å². The maximum atomic E-state index is 13.2. The Balaban J connectivity index is 2.13. The van der Waals surface area contributed by atoms with Gasteiger partial charge in [0.1, 0.15) is 5.82 Å². The van der Waals surface area contributed by atoms with Gasteiger partial charge in [0.2, 0.25) is 0 Å². The van der Waals surface area contributed by atoms with Crippen molar-refractivity contribution < 1.29 is 9.50 Å². The van der Waals surface area contributed by atoms with Gasteiger partial charge in [0.15, 0.2) is 0 Å². The first kappa shape index (κ1) is 13.5. The van der Waals surface area contributed by atoms with Gasteiger partial charge in [-0.05, 0) is 42.3 Å². The van der Waals surface area contributed by atoms with Crippen molar-refractivity contribution in [2.24, 2.45) is 0 Å². The average Bonchev–Trinajstić information content (AvgIpc) is 2.75. The van der Waals surface area contributed by atoms with Crippen LogP contribution in [0.25, 0.3) is 0 Å². The Labute approximate surface area is 115 Å². The van der Waals surface area contributed by atoms with Crippen molar-refractivity contribution in [3.05, 3.63) is 56.5 Å². The highest BCUT2D eigenvalue weighted by Crippen LogP contribution is 2.26. The lowest BCUT2D eigenvalue weighted by atomic mass is 10.1. The first-order valence-electron chi connectivity index (χ1n) is 5.80. The fraction of sp³-hybridized carbons (Fsp3) is 0.286. The number of hydrogen-bond acceptors (Lipinski definition) is 2. The number of hydrogen-bond donors (Lipinski definition) is 1. The van der Waals surface area contributed by atoms with Crippen molar-refractivity contribution in [3.8, 4) is 0 Å². The highest BCUT2D eigenvalue weighted by Gasteiger charge is 2.12. The van der Waals surface area contributed by atoms with Gasteiger partial charge in [-0.25, -0.2) is 4.39 Å². The van der Waals surface area contributed by atoms with Crippen LogP contribution < -0.4 is 0 Å². The zero-order valence-corrected chi connectivity index (χ0v) is 11.6. The first-order chi connectivity index (χ1) is 8.58. The lowest BCUT2D eigenvalue weighted by Crippen LogP contribution is -2.01. The Morgan fingerprint density at radius 2 is 2.00 bits per heavy atom. The van der Waals surface area contributed by atoms with Crippen LogP contribution >= 0.6 is 22.9 Å². The number of aliphatic hydroxyl groups is 1. The molecule has 0 aliphatic heterocycles. The molecule has 1 atom stereocenters. The molecular formula is C14H14ClFOS. The predicted molar refractivity (Wildman–Crippen MR) is 73.8 cm³/mol. The minimum absolute atomic E-state index is 0.310. The maximum absolute atomic E-state index is 13.2. The van der Waals surface area contributed by atoms with Gasteiger partial charge in [0, 0.05) is 21.2 Å². The number of aliphatic hydroxyl groups excluding tert-OH is 1. The largest absolute Gasteiger partial charge is 0.388 e. The Kier molecular flexibility index (Phi) is 4.38. The molecule has 1 aromatic carbocycles. The Morgan fingerprint density at radius 1 is 1.28 bits per heavy atom. The molecule has 1 nitrogen and oxygen atoms in total. The standard InChI is InChI=1S/C14H14ClFOS/c1-2-12-3-4-13(18-12)8-14(17)9-5-10(15)7-11(16)6-9/h3-7,14,17H,2,8H2,1H3. The number of rotatable bonds is 4. The molecule has 2 aromatic rings. The zero-order chi connectivity index (χ0) is 13.1. The SMILES string of the molecule is CCc1ccc(CC(O)c2cc(F)cc(Cl)c2)s1. The van der Waals surface area contributed by atoms with Crippen LogP contribution in [-0.2, 0) is 12.8 Å². The van der Waals surface area contributed by atoms with E-state index in [0.717, 1.165) is 11.3 Å². The lowest BCUT2D eigenvalue weighted by Gasteiger charge is -2.10. The predicted octanol–water partition coefficient (Wildman–Crippen LogP) is 4.38. The van der Waals surface area contributed by atoms with Crippen LogP contribution in [0.2, 0.25) is 5.02 Å². The normalized spacial score (nSPS) is 12.7. The van der Waals surface area contributed by atoms with Crippen LogP contribution in [0.3, 0.4) is 0 Å². The second-order valence-corrected chi connectivity index (χ2v) is 5.83. The smallest absolute Gasteiger partial charge is 0.125 e. The van der Waals surface area contributed by atoms with Crippen LogP contribution in [0.15, 0.2) is 30.3 Å². The Hall–Kier alpha value is -0.900. The highest BCUT2D eigenvalue weighted by atomic mass is 35.5. The molecule has 96 valence electrons. The monoisotopic (exact) mass is 284 g/mol. The van der Waals surface area contributed by atoms with Gasteiger partial charge in [-0.1, -0.05) is 18.5 Å². The molecule has 4 heteroatoms. The summed E-state index contributed by atoms with van der Waals surface area (Å²) in [6.45, 7) is 2.10. The second-order valence-electron chi connectivity index (χ2n) is 4.14. The topological polar surface area (TPSA) is 20.2 Å². The molecule has 0 spiro atoms. The van der Waals surface area contributed by atoms with Crippen molar-refractivity contribution in [1.82, 2.24) is 0 Å². The fourth-order valence-electron chi connectivity index (χ4n) is 1.80. The number of halogens is 2. The van der Waals surface area contributed by atoms with E-state index < -0.39 is 11.9 Å². The molecule has 0 saturated carbocycles. The Morgan fingerprint density at radius 3 is 2.61 bits per heavy atom. The van der Waals surface area contributed by atoms with Crippen molar-refractivity contribution in [2.45, 2.75) is 25.9 Å². The van der Waals surface area contributed by atoms with E-state index in [2.05, 4.69) is 13.0 Å². The van der Waals surface area contributed by atoms with Gasteiger partial charge < -0.3 is 5.11 Å². The molecule has 1 N–H and O–H groups in total. The van der Waals surface area contributed by atoms with E-state index in [-0.39, 0.29) is 0 Å². The third kappa shape index (κ3) is 3.31.